The van der Waals surface area contributed by atoms with E-state index in [1.165, 1.54) is 0 Å². The topological polar surface area (TPSA) is 69.6 Å². The lowest BCUT2D eigenvalue weighted by Gasteiger charge is -2.29. The van der Waals surface area contributed by atoms with E-state index in [9.17, 15) is 14.7 Å². The van der Waals surface area contributed by atoms with Crippen LogP contribution in [0, 0.1) is 5.92 Å². The minimum absolute atomic E-state index is 0.0394. The second-order valence-corrected chi connectivity index (χ2v) is 6.71. The number of benzene rings is 1. The number of carbonyl (C=O) groups excluding carboxylic acids is 2. The van der Waals surface area contributed by atoms with Gasteiger partial charge in [0.2, 0.25) is 5.91 Å². The number of hydrogen-bond acceptors (Lipinski definition) is 3. The summed E-state index contributed by atoms with van der Waals surface area (Å²) in [5.41, 5.74) is 1.56. The molecule has 0 aliphatic carbocycles. The summed E-state index contributed by atoms with van der Waals surface area (Å²) in [6.07, 6.45) is 1.38. The average molecular weight is 353 g/mol. The Morgan fingerprint density at radius 2 is 2.21 bits per heavy atom. The molecule has 0 spiro atoms. The number of aliphatic hydroxyl groups is 1. The fourth-order valence-corrected chi connectivity index (χ4v) is 3.18. The third kappa shape index (κ3) is 4.48. The maximum absolute atomic E-state index is 12.5. The second-order valence-electron chi connectivity index (χ2n) is 6.30. The number of fused-ring (bicyclic) bond motifs is 1. The molecular formula is C18H25ClN2O3. The molecule has 2 N–H and O–H groups in total. The summed E-state index contributed by atoms with van der Waals surface area (Å²) >= 11 is 6.14. The molecule has 132 valence electrons. The summed E-state index contributed by atoms with van der Waals surface area (Å²) < 4.78 is 0. The van der Waals surface area contributed by atoms with E-state index in [4.69, 9.17) is 11.6 Å². The summed E-state index contributed by atoms with van der Waals surface area (Å²) in [5.74, 6) is -0.366. The van der Waals surface area contributed by atoms with Crippen LogP contribution in [0.4, 0.5) is 0 Å². The number of nitrogens with one attached hydrogen (secondary N) is 1. The average Bonchev–Trinajstić information content (AvgIpc) is 2.57. The Morgan fingerprint density at radius 1 is 1.46 bits per heavy atom. The SMILES string of the molecule is CC[C@H](O)CC(C)C(=O)NCCN1CCc2c(Cl)cccc2C1=O. The number of halogens is 1. The zero-order valence-electron chi connectivity index (χ0n) is 14.2. The Morgan fingerprint density at radius 3 is 2.92 bits per heavy atom. The molecule has 24 heavy (non-hydrogen) atoms. The van der Waals surface area contributed by atoms with Gasteiger partial charge < -0.3 is 15.3 Å². The molecule has 6 heteroatoms. The molecule has 1 unspecified atom stereocenters. The van der Waals surface area contributed by atoms with Crippen LogP contribution >= 0.6 is 11.6 Å². The Bertz CT molecular complexity index is 606. The lowest BCUT2D eigenvalue weighted by atomic mass is 9.99. The van der Waals surface area contributed by atoms with Crippen LogP contribution in [0.3, 0.4) is 0 Å². The van der Waals surface area contributed by atoms with Gasteiger partial charge in [-0.05, 0) is 37.0 Å². The molecule has 2 rings (SSSR count). The number of hydrogen-bond donors (Lipinski definition) is 2. The first-order valence-electron chi connectivity index (χ1n) is 8.46. The summed E-state index contributed by atoms with van der Waals surface area (Å²) in [4.78, 5) is 26.2. The maximum atomic E-state index is 12.5. The summed E-state index contributed by atoms with van der Waals surface area (Å²) in [7, 11) is 0. The first-order chi connectivity index (χ1) is 11.4. The van der Waals surface area contributed by atoms with Gasteiger partial charge in [0.25, 0.3) is 5.91 Å². The molecule has 0 saturated carbocycles. The highest BCUT2D eigenvalue weighted by Crippen LogP contribution is 2.25. The van der Waals surface area contributed by atoms with Crippen molar-refractivity contribution in [1.29, 1.82) is 0 Å². The van der Waals surface area contributed by atoms with Crippen molar-refractivity contribution < 1.29 is 14.7 Å². The molecule has 0 radical (unpaired) electrons. The van der Waals surface area contributed by atoms with Crippen LogP contribution in [0.15, 0.2) is 18.2 Å². The molecule has 1 aliphatic rings. The lowest BCUT2D eigenvalue weighted by Crippen LogP contribution is -2.43. The van der Waals surface area contributed by atoms with Crippen molar-refractivity contribution in [2.24, 2.45) is 5.92 Å². The van der Waals surface area contributed by atoms with Crippen LogP contribution < -0.4 is 5.32 Å². The van der Waals surface area contributed by atoms with Crippen LogP contribution in [0.25, 0.3) is 0 Å². The summed E-state index contributed by atoms with van der Waals surface area (Å²) in [6, 6.07) is 5.38. The van der Waals surface area contributed by atoms with Crippen LogP contribution in [-0.2, 0) is 11.2 Å². The molecule has 0 aromatic heterocycles. The van der Waals surface area contributed by atoms with Crippen LogP contribution in [-0.4, -0.2) is 47.6 Å². The van der Waals surface area contributed by atoms with Gasteiger partial charge >= 0.3 is 0 Å². The Labute approximate surface area is 148 Å². The fraction of sp³-hybridized carbons (Fsp3) is 0.556. The normalized spacial score (nSPS) is 16.5. The minimum Gasteiger partial charge on any atom is -0.393 e. The van der Waals surface area contributed by atoms with E-state index in [0.717, 1.165) is 12.0 Å². The van der Waals surface area contributed by atoms with Crippen molar-refractivity contribution in [3.8, 4) is 0 Å². The largest absolute Gasteiger partial charge is 0.393 e. The van der Waals surface area contributed by atoms with Gasteiger partial charge in [0, 0.05) is 36.1 Å². The van der Waals surface area contributed by atoms with Crippen molar-refractivity contribution >= 4 is 23.4 Å². The predicted molar refractivity (Wildman–Crippen MR) is 94.1 cm³/mol. The van der Waals surface area contributed by atoms with E-state index < -0.39 is 6.10 Å². The molecule has 1 aromatic rings. The highest BCUT2D eigenvalue weighted by atomic mass is 35.5. The van der Waals surface area contributed by atoms with Gasteiger partial charge in [0.05, 0.1) is 6.10 Å². The van der Waals surface area contributed by atoms with Crippen molar-refractivity contribution in [1.82, 2.24) is 10.2 Å². The Balaban J connectivity index is 1.83. The molecule has 1 heterocycles. The highest BCUT2D eigenvalue weighted by molar-refractivity contribution is 6.32. The van der Waals surface area contributed by atoms with Crippen LogP contribution in [0.1, 0.15) is 42.6 Å². The Kier molecular flexibility index (Phi) is 6.63. The molecule has 0 bridgehead atoms. The zero-order chi connectivity index (χ0) is 17.7. The van der Waals surface area contributed by atoms with Gasteiger partial charge in [-0.25, -0.2) is 0 Å². The van der Waals surface area contributed by atoms with E-state index in [1.54, 1.807) is 30.0 Å². The monoisotopic (exact) mass is 352 g/mol. The van der Waals surface area contributed by atoms with Crippen LogP contribution in [0.5, 0.6) is 0 Å². The van der Waals surface area contributed by atoms with Crippen LogP contribution in [0.2, 0.25) is 5.02 Å². The van der Waals surface area contributed by atoms with Crippen molar-refractivity contribution in [2.75, 3.05) is 19.6 Å². The molecular weight excluding hydrogens is 328 g/mol. The summed E-state index contributed by atoms with van der Waals surface area (Å²) in [6.45, 7) is 5.18. The van der Waals surface area contributed by atoms with E-state index in [0.29, 0.717) is 43.1 Å². The lowest BCUT2D eigenvalue weighted by molar-refractivity contribution is -0.125. The maximum Gasteiger partial charge on any atom is 0.254 e. The molecule has 1 aliphatic heterocycles. The number of rotatable bonds is 7. The van der Waals surface area contributed by atoms with Gasteiger partial charge in [-0.3, -0.25) is 9.59 Å². The highest BCUT2D eigenvalue weighted by Gasteiger charge is 2.25. The Hall–Kier alpha value is -1.59. The second kappa shape index (κ2) is 8.49. The fourth-order valence-electron chi connectivity index (χ4n) is 2.92. The first-order valence-corrected chi connectivity index (χ1v) is 8.84. The van der Waals surface area contributed by atoms with Gasteiger partial charge in [-0.15, -0.1) is 0 Å². The molecule has 5 nitrogen and oxygen atoms in total. The van der Waals surface area contributed by atoms with Gasteiger partial charge in [0.15, 0.2) is 0 Å². The van der Waals surface area contributed by atoms with E-state index in [-0.39, 0.29) is 17.7 Å². The molecule has 0 saturated heterocycles. The third-order valence-corrected chi connectivity index (χ3v) is 4.85. The molecule has 0 fully saturated rings. The number of carbonyl (C=O) groups is 2. The number of nitrogens with zero attached hydrogens (tertiary/aromatic N) is 1. The van der Waals surface area contributed by atoms with Gasteiger partial charge in [-0.2, -0.15) is 0 Å². The minimum atomic E-state index is -0.448. The summed E-state index contributed by atoms with van der Waals surface area (Å²) in [5, 5.41) is 13.1. The number of amides is 2. The van der Waals surface area contributed by atoms with Crippen molar-refractivity contribution in [3.63, 3.8) is 0 Å². The quantitative estimate of drug-likeness (QED) is 0.790. The van der Waals surface area contributed by atoms with Gasteiger partial charge in [-0.1, -0.05) is 31.5 Å². The molecule has 1 aromatic carbocycles. The molecule has 2 atom stereocenters. The first kappa shape index (κ1) is 18.7. The van der Waals surface area contributed by atoms with Gasteiger partial charge in [0.1, 0.15) is 0 Å². The zero-order valence-corrected chi connectivity index (χ0v) is 15.0. The number of aliphatic hydroxyl groups excluding tert-OH is 1. The van der Waals surface area contributed by atoms with Crippen molar-refractivity contribution in [3.05, 3.63) is 34.3 Å². The van der Waals surface area contributed by atoms with E-state index in [1.807, 2.05) is 6.92 Å². The van der Waals surface area contributed by atoms with Crippen molar-refractivity contribution in [2.45, 2.75) is 39.2 Å². The smallest absolute Gasteiger partial charge is 0.254 e. The standard InChI is InChI=1S/C18H25ClN2O3/c1-3-13(22)11-12(2)17(23)20-8-10-21-9-7-14-15(18(21)24)5-4-6-16(14)19/h4-6,12-13,22H,3,7-11H2,1-2H3,(H,20,23)/t12?,13-/m0/s1. The van der Waals surface area contributed by atoms with E-state index >= 15 is 0 Å². The third-order valence-electron chi connectivity index (χ3n) is 4.49. The molecule has 2 amide bonds. The van der Waals surface area contributed by atoms with E-state index in [2.05, 4.69) is 5.32 Å². The predicted octanol–water partition coefficient (Wildman–Crippen LogP) is 2.25.